The lowest BCUT2D eigenvalue weighted by molar-refractivity contribution is -0.140. The van der Waals surface area contributed by atoms with Crippen molar-refractivity contribution in [3.05, 3.63) is 64.7 Å². The van der Waals surface area contributed by atoms with Crippen molar-refractivity contribution in [1.29, 1.82) is 0 Å². The molecular formula is C26H29F3N4O4. The number of carbonyl (C=O) groups excluding carboxylic acids is 2. The van der Waals surface area contributed by atoms with Crippen LogP contribution in [0.25, 0.3) is 0 Å². The Kier molecular flexibility index (Phi) is 7.00. The van der Waals surface area contributed by atoms with Crippen molar-refractivity contribution >= 4 is 17.6 Å². The number of carbonyl (C=O) groups is 2. The molecule has 2 aromatic rings. The Morgan fingerprint density at radius 2 is 1.95 bits per heavy atom. The van der Waals surface area contributed by atoms with E-state index in [2.05, 4.69) is 16.0 Å². The summed E-state index contributed by atoms with van der Waals surface area (Å²) in [4.78, 5) is 26.6. The highest BCUT2D eigenvalue weighted by atomic mass is 19.4. The summed E-state index contributed by atoms with van der Waals surface area (Å²) in [5.74, 6) is -0.430. The normalized spacial score (nSPS) is 24.7. The standard InChI is InChI=1S/C26H29F3N4O4/c27-26(28,29)18-5-2-1-4-16(18)21-6-3-9-33(21)24(35)13-31-25(36)30-12-15-7-8-19-17(10-15)23-11-20(32-19)22(34)14-37-23/h1-2,4-5,7-8,10,20-23,32,34H,3,6,9,11-14H2,(H2,30,31,36)/t20-,21?,22+,23-/m0/s1. The van der Waals surface area contributed by atoms with Gasteiger partial charge in [-0.1, -0.05) is 24.3 Å². The predicted octanol–water partition coefficient (Wildman–Crippen LogP) is 3.48. The lowest BCUT2D eigenvalue weighted by Crippen LogP contribution is -2.46. The number of alkyl halides is 3. The van der Waals surface area contributed by atoms with Gasteiger partial charge >= 0.3 is 12.2 Å². The van der Waals surface area contributed by atoms with E-state index in [1.165, 1.54) is 23.1 Å². The predicted molar refractivity (Wildman–Crippen MR) is 129 cm³/mol. The van der Waals surface area contributed by atoms with Crippen LogP contribution in [0.1, 0.15) is 53.7 Å². The molecule has 8 nitrogen and oxygen atoms in total. The van der Waals surface area contributed by atoms with Crippen molar-refractivity contribution in [1.82, 2.24) is 15.5 Å². The number of likely N-dealkylation sites (tertiary alicyclic amines) is 1. The molecule has 3 heterocycles. The minimum atomic E-state index is -4.51. The van der Waals surface area contributed by atoms with Crippen LogP contribution < -0.4 is 16.0 Å². The molecule has 4 atom stereocenters. The van der Waals surface area contributed by atoms with Gasteiger partial charge in [-0.2, -0.15) is 13.2 Å². The molecule has 1 unspecified atom stereocenters. The monoisotopic (exact) mass is 518 g/mol. The smallest absolute Gasteiger partial charge is 0.389 e. The third-order valence-electron chi connectivity index (χ3n) is 7.26. The number of nitrogens with zero attached hydrogens (tertiary/aromatic N) is 1. The summed E-state index contributed by atoms with van der Waals surface area (Å²) in [5, 5.41) is 18.6. The molecule has 3 aliphatic rings. The highest BCUT2D eigenvalue weighted by Gasteiger charge is 2.39. The molecule has 5 rings (SSSR count). The lowest BCUT2D eigenvalue weighted by Gasteiger charge is -2.40. The van der Waals surface area contributed by atoms with E-state index in [0.717, 1.165) is 22.9 Å². The topological polar surface area (TPSA) is 103 Å². The van der Waals surface area contributed by atoms with Gasteiger partial charge in [-0.3, -0.25) is 4.79 Å². The Labute approximate surface area is 212 Å². The largest absolute Gasteiger partial charge is 0.416 e. The van der Waals surface area contributed by atoms with Crippen LogP contribution >= 0.6 is 0 Å². The molecule has 0 saturated carbocycles. The molecule has 2 bridgehead atoms. The SMILES string of the molecule is O=C(NCC(=O)N1CCCC1c1ccccc1C(F)(F)F)NCc1ccc2c(c1)[C@@H]1C[C@H](N2)[C@H](O)CO1. The minimum absolute atomic E-state index is 0.0457. The molecule has 4 N–H and O–H groups in total. The fourth-order valence-corrected chi connectivity index (χ4v) is 5.41. The summed E-state index contributed by atoms with van der Waals surface area (Å²) >= 11 is 0. The number of aliphatic hydroxyl groups is 1. The summed E-state index contributed by atoms with van der Waals surface area (Å²) in [6.45, 7) is 0.505. The lowest BCUT2D eigenvalue weighted by atomic mass is 9.89. The molecule has 3 aliphatic heterocycles. The second-order valence-corrected chi connectivity index (χ2v) is 9.66. The summed E-state index contributed by atoms with van der Waals surface area (Å²) in [6.07, 6.45) is -3.49. The van der Waals surface area contributed by atoms with Gasteiger partial charge < -0.3 is 30.7 Å². The van der Waals surface area contributed by atoms with Gasteiger partial charge in [0.05, 0.1) is 43.0 Å². The van der Waals surface area contributed by atoms with Crippen molar-refractivity contribution in [2.75, 3.05) is 25.0 Å². The van der Waals surface area contributed by atoms with Crippen LogP contribution in [0.5, 0.6) is 0 Å². The molecule has 2 fully saturated rings. The summed E-state index contributed by atoms with van der Waals surface area (Å²) in [7, 11) is 0. The van der Waals surface area contributed by atoms with Crippen molar-refractivity contribution in [2.45, 2.75) is 56.3 Å². The Hall–Kier alpha value is -3.31. The van der Waals surface area contributed by atoms with Gasteiger partial charge in [-0.25, -0.2) is 4.79 Å². The van der Waals surface area contributed by atoms with Gasteiger partial charge in [0, 0.05) is 30.8 Å². The van der Waals surface area contributed by atoms with Crippen LogP contribution in [-0.2, 0) is 22.3 Å². The average molecular weight is 519 g/mol. The Morgan fingerprint density at radius 1 is 1.14 bits per heavy atom. The number of hydrogen-bond donors (Lipinski definition) is 4. The minimum Gasteiger partial charge on any atom is -0.389 e. The first kappa shape index (κ1) is 25.3. The maximum Gasteiger partial charge on any atom is 0.416 e. The fraction of sp³-hybridized carbons (Fsp3) is 0.462. The van der Waals surface area contributed by atoms with Gasteiger partial charge in [0.25, 0.3) is 0 Å². The van der Waals surface area contributed by atoms with Crippen molar-refractivity contribution in [2.24, 2.45) is 0 Å². The number of anilines is 1. The molecular weight excluding hydrogens is 489 g/mol. The van der Waals surface area contributed by atoms with E-state index in [-0.39, 0.29) is 37.4 Å². The third-order valence-corrected chi connectivity index (χ3v) is 7.26. The van der Waals surface area contributed by atoms with E-state index >= 15 is 0 Å². The number of fused-ring (bicyclic) bond motifs is 4. The van der Waals surface area contributed by atoms with E-state index < -0.39 is 35.8 Å². The van der Waals surface area contributed by atoms with Crippen molar-refractivity contribution in [3.8, 4) is 0 Å². The van der Waals surface area contributed by atoms with E-state index in [0.29, 0.717) is 25.8 Å². The third kappa shape index (κ3) is 5.37. The van der Waals surface area contributed by atoms with Crippen molar-refractivity contribution < 1.29 is 32.6 Å². The number of benzene rings is 2. The van der Waals surface area contributed by atoms with E-state index in [1.807, 2.05) is 18.2 Å². The molecule has 0 radical (unpaired) electrons. The Morgan fingerprint density at radius 3 is 2.76 bits per heavy atom. The second-order valence-electron chi connectivity index (χ2n) is 9.66. The van der Waals surface area contributed by atoms with Gasteiger partial charge in [0.2, 0.25) is 5.91 Å². The molecule has 2 aromatic carbocycles. The number of aliphatic hydroxyl groups excluding tert-OH is 1. The Bertz CT molecular complexity index is 1170. The van der Waals surface area contributed by atoms with E-state index in [9.17, 15) is 27.9 Å². The first-order chi connectivity index (χ1) is 17.7. The second kappa shape index (κ2) is 10.2. The number of ether oxygens (including phenoxy) is 1. The number of rotatable bonds is 5. The van der Waals surface area contributed by atoms with Crippen molar-refractivity contribution in [3.63, 3.8) is 0 Å². The van der Waals surface area contributed by atoms with Crippen LogP contribution in [0.4, 0.5) is 23.7 Å². The molecule has 37 heavy (non-hydrogen) atoms. The molecule has 3 amide bonds. The van der Waals surface area contributed by atoms with Crippen LogP contribution in [0.15, 0.2) is 42.5 Å². The maximum absolute atomic E-state index is 13.5. The summed E-state index contributed by atoms with van der Waals surface area (Å²) in [6, 6.07) is 9.73. The van der Waals surface area contributed by atoms with Gasteiger partial charge in [0.15, 0.2) is 0 Å². The number of nitrogens with one attached hydrogen (secondary N) is 3. The average Bonchev–Trinajstić information content (AvgIpc) is 3.38. The fourth-order valence-electron chi connectivity index (χ4n) is 5.41. The van der Waals surface area contributed by atoms with Crippen LogP contribution in [0.3, 0.4) is 0 Å². The van der Waals surface area contributed by atoms with Crippen LogP contribution in [0.2, 0.25) is 0 Å². The molecule has 0 spiro atoms. The zero-order valence-corrected chi connectivity index (χ0v) is 20.1. The molecule has 0 aliphatic carbocycles. The van der Waals surface area contributed by atoms with Crippen LogP contribution in [-0.4, -0.2) is 53.8 Å². The number of halogens is 3. The zero-order chi connectivity index (χ0) is 26.2. The number of hydrogen-bond acceptors (Lipinski definition) is 5. The van der Waals surface area contributed by atoms with Crippen LogP contribution in [0, 0.1) is 0 Å². The highest BCUT2D eigenvalue weighted by molar-refractivity contribution is 5.84. The zero-order valence-electron chi connectivity index (χ0n) is 20.1. The van der Waals surface area contributed by atoms with Gasteiger partial charge in [0.1, 0.15) is 0 Å². The summed E-state index contributed by atoms with van der Waals surface area (Å²) < 4.78 is 46.2. The molecule has 2 saturated heterocycles. The Balaban J connectivity index is 1.15. The quantitative estimate of drug-likeness (QED) is 0.486. The first-order valence-corrected chi connectivity index (χ1v) is 12.4. The van der Waals surface area contributed by atoms with E-state index in [1.54, 1.807) is 0 Å². The summed E-state index contributed by atoms with van der Waals surface area (Å²) in [5.41, 5.74) is 2.05. The van der Waals surface area contributed by atoms with Gasteiger partial charge in [-0.15, -0.1) is 0 Å². The van der Waals surface area contributed by atoms with Gasteiger partial charge in [-0.05, 0) is 42.2 Å². The number of urea groups is 1. The number of amides is 3. The molecule has 11 heteroatoms. The molecule has 0 aromatic heterocycles. The van der Waals surface area contributed by atoms with E-state index in [4.69, 9.17) is 4.74 Å². The molecule has 198 valence electrons. The highest BCUT2D eigenvalue weighted by Crippen LogP contribution is 2.41. The first-order valence-electron chi connectivity index (χ1n) is 12.4. The maximum atomic E-state index is 13.5.